The van der Waals surface area contributed by atoms with E-state index in [9.17, 15) is 4.79 Å². The maximum Gasteiger partial charge on any atom is 0.237 e. The van der Waals surface area contributed by atoms with E-state index >= 15 is 0 Å². The molecule has 19 heavy (non-hydrogen) atoms. The van der Waals surface area contributed by atoms with E-state index in [1.54, 1.807) is 0 Å². The Labute approximate surface area is 115 Å². The van der Waals surface area contributed by atoms with Crippen LogP contribution in [0.2, 0.25) is 0 Å². The highest BCUT2D eigenvalue weighted by Crippen LogP contribution is 2.41. The first-order valence-electron chi connectivity index (χ1n) is 7.23. The van der Waals surface area contributed by atoms with Crippen molar-refractivity contribution in [2.75, 3.05) is 24.5 Å². The van der Waals surface area contributed by atoms with Crippen LogP contribution in [0.3, 0.4) is 0 Å². The third-order valence-corrected chi connectivity index (χ3v) is 4.55. The van der Waals surface area contributed by atoms with Crippen LogP contribution >= 0.6 is 0 Å². The van der Waals surface area contributed by atoms with E-state index in [-0.39, 0.29) is 11.3 Å². The fourth-order valence-electron chi connectivity index (χ4n) is 3.30. The minimum Gasteiger partial charge on any atom is -0.317 e. The lowest BCUT2D eigenvalue weighted by Crippen LogP contribution is -2.41. The van der Waals surface area contributed by atoms with Crippen molar-refractivity contribution in [3.8, 4) is 0 Å². The van der Waals surface area contributed by atoms with Crippen LogP contribution in [0, 0.1) is 5.92 Å². The van der Waals surface area contributed by atoms with Crippen LogP contribution in [0.1, 0.15) is 32.3 Å². The highest BCUT2D eigenvalue weighted by molar-refractivity contribution is 6.07. The van der Waals surface area contributed by atoms with Gasteiger partial charge in [0.1, 0.15) is 0 Å². The van der Waals surface area contributed by atoms with Gasteiger partial charge in [0.15, 0.2) is 0 Å². The number of nitrogens with zero attached hydrogens (tertiary/aromatic N) is 1. The Morgan fingerprint density at radius 1 is 1.26 bits per heavy atom. The molecule has 1 saturated heterocycles. The third kappa shape index (κ3) is 2.06. The van der Waals surface area contributed by atoms with E-state index in [0.29, 0.717) is 5.92 Å². The number of rotatable bonds is 2. The lowest BCUT2D eigenvalue weighted by molar-refractivity contribution is -0.122. The van der Waals surface area contributed by atoms with Gasteiger partial charge in [-0.25, -0.2) is 0 Å². The van der Waals surface area contributed by atoms with Crippen molar-refractivity contribution < 1.29 is 4.79 Å². The molecule has 1 aromatic rings. The standard InChI is InChI=1S/C16H22N2O/c1-16(2)13-5-3-4-6-14(13)18(15(16)19)11-12-7-9-17-10-8-12/h3-6,12,17H,7-11H2,1-2H3. The van der Waals surface area contributed by atoms with Gasteiger partial charge in [-0.3, -0.25) is 4.79 Å². The second kappa shape index (κ2) is 4.64. The molecule has 0 unspecified atom stereocenters. The summed E-state index contributed by atoms with van der Waals surface area (Å²) in [7, 11) is 0. The maximum atomic E-state index is 12.7. The summed E-state index contributed by atoms with van der Waals surface area (Å²) in [6.45, 7) is 7.11. The summed E-state index contributed by atoms with van der Waals surface area (Å²) in [5.74, 6) is 0.888. The Hall–Kier alpha value is -1.35. The van der Waals surface area contributed by atoms with E-state index in [2.05, 4.69) is 17.4 Å². The molecular weight excluding hydrogens is 236 g/mol. The Morgan fingerprint density at radius 3 is 2.68 bits per heavy atom. The van der Waals surface area contributed by atoms with Gasteiger partial charge in [0.25, 0.3) is 0 Å². The minimum absolute atomic E-state index is 0.257. The largest absolute Gasteiger partial charge is 0.317 e. The van der Waals surface area contributed by atoms with Crippen LogP contribution in [0.25, 0.3) is 0 Å². The molecule has 3 rings (SSSR count). The van der Waals surface area contributed by atoms with Crippen LogP contribution in [-0.4, -0.2) is 25.5 Å². The molecule has 0 spiro atoms. The Morgan fingerprint density at radius 2 is 1.95 bits per heavy atom. The lowest BCUT2D eigenvalue weighted by Gasteiger charge is -2.28. The van der Waals surface area contributed by atoms with E-state index in [1.165, 1.54) is 18.4 Å². The molecule has 2 aliphatic rings. The fourth-order valence-corrected chi connectivity index (χ4v) is 3.30. The van der Waals surface area contributed by atoms with Gasteiger partial charge in [-0.2, -0.15) is 0 Å². The summed E-state index contributed by atoms with van der Waals surface area (Å²) in [6.07, 6.45) is 2.35. The molecule has 0 bridgehead atoms. The average Bonchev–Trinajstić information content (AvgIpc) is 2.62. The van der Waals surface area contributed by atoms with Gasteiger partial charge in [-0.05, 0) is 57.3 Å². The number of carbonyl (C=O) groups is 1. The highest BCUT2D eigenvalue weighted by Gasteiger charge is 2.43. The van der Waals surface area contributed by atoms with Crippen molar-refractivity contribution in [3.63, 3.8) is 0 Å². The molecule has 0 saturated carbocycles. The number of hydrogen-bond acceptors (Lipinski definition) is 2. The van der Waals surface area contributed by atoms with Crippen LogP contribution < -0.4 is 10.2 Å². The topological polar surface area (TPSA) is 32.3 Å². The number of para-hydroxylation sites is 1. The molecule has 1 aromatic carbocycles. The van der Waals surface area contributed by atoms with Gasteiger partial charge in [0.05, 0.1) is 5.41 Å². The van der Waals surface area contributed by atoms with Crippen molar-refractivity contribution in [2.24, 2.45) is 5.92 Å². The molecular formula is C16H22N2O. The molecule has 0 atom stereocenters. The smallest absolute Gasteiger partial charge is 0.237 e. The van der Waals surface area contributed by atoms with Crippen molar-refractivity contribution >= 4 is 11.6 Å². The molecule has 3 nitrogen and oxygen atoms in total. The van der Waals surface area contributed by atoms with Crippen LogP contribution in [0.15, 0.2) is 24.3 Å². The first-order chi connectivity index (χ1) is 9.10. The summed E-state index contributed by atoms with van der Waals surface area (Å²) < 4.78 is 0. The molecule has 2 heterocycles. The normalized spacial score (nSPS) is 22.6. The minimum atomic E-state index is -0.372. The van der Waals surface area contributed by atoms with Crippen LogP contribution in [-0.2, 0) is 10.2 Å². The number of fused-ring (bicyclic) bond motifs is 1. The predicted octanol–water partition coefficient (Wildman–Crippen LogP) is 2.31. The number of hydrogen-bond donors (Lipinski definition) is 1. The molecule has 0 aliphatic carbocycles. The Bertz CT molecular complexity index is 489. The quantitative estimate of drug-likeness (QED) is 0.883. The second-order valence-corrected chi connectivity index (χ2v) is 6.25. The molecule has 0 aromatic heterocycles. The van der Waals surface area contributed by atoms with E-state index < -0.39 is 0 Å². The molecule has 0 radical (unpaired) electrons. The maximum absolute atomic E-state index is 12.7. The molecule has 2 aliphatic heterocycles. The first-order valence-corrected chi connectivity index (χ1v) is 7.23. The molecule has 1 fully saturated rings. The van der Waals surface area contributed by atoms with Gasteiger partial charge in [0, 0.05) is 12.2 Å². The van der Waals surface area contributed by atoms with Gasteiger partial charge >= 0.3 is 0 Å². The number of carbonyl (C=O) groups excluding carboxylic acids is 1. The van der Waals surface area contributed by atoms with Gasteiger partial charge in [0.2, 0.25) is 5.91 Å². The average molecular weight is 258 g/mol. The van der Waals surface area contributed by atoms with Crippen LogP contribution in [0.5, 0.6) is 0 Å². The zero-order chi connectivity index (χ0) is 13.5. The van der Waals surface area contributed by atoms with Gasteiger partial charge in [-0.15, -0.1) is 0 Å². The summed E-state index contributed by atoms with van der Waals surface area (Å²) in [4.78, 5) is 14.7. The third-order valence-electron chi connectivity index (χ3n) is 4.55. The number of nitrogens with one attached hydrogen (secondary N) is 1. The number of amides is 1. The van der Waals surface area contributed by atoms with E-state index in [0.717, 1.165) is 25.3 Å². The highest BCUT2D eigenvalue weighted by atomic mass is 16.2. The Kier molecular flexibility index (Phi) is 3.09. The van der Waals surface area contributed by atoms with Crippen molar-refractivity contribution in [1.82, 2.24) is 5.32 Å². The second-order valence-electron chi connectivity index (χ2n) is 6.25. The van der Waals surface area contributed by atoms with Gasteiger partial charge in [-0.1, -0.05) is 18.2 Å². The van der Waals surface area contributed by atoms with Crippen LogP contribution in [0.4, 0.5) is 5.69 Å². The van der Waals surface area contributed by atoms with Crippen molar-refractivity contribution in [3.05, 3.63) is 29.8 Å². The summed E-state index contributed by atoms with van der Waals surface area (Å²) in [5, 5.41) is 3.38. The van der Waals surface area contributed by atoms with Crippen molar-refractivity contribution in [1.29, 1.82) is 0 Å². The molecule has 102 valence electrons. The van der Waals surface area contributed by atoms with E-state index in [1.807, 2.05) is 30.9 Å². The summed E-state index contributed by atoms with van der Waals surface area (Å²) in [5.41, 5.74) is 1.92. The number of benzene rings is 1. The summed E-state index contributed by atoms with van der Waals surface area (Å²) >= 11 is 0. The molecule has 3 heteroatoms. The number of piperidine rings is 1. The zero-order valence-electron chi connectivity index (χ0n) is 11.8. The molecule has 1 amide bonds. The first kappa shape index (κ1) is 12.7. The summed E-state index contributed by atoms with van der Waals surface area (Å²) in [6, 6.07) is 8.24. The Balaban J connectivity index is 1.87. The lowest BCUT2D eigenvalue weighted by atomic mass is 9.86. The fraction of sp³-hybridized carbons (Fsp3) is 0.562. The SMILES string of the molecule is CC1(C)C(=O)N(CC2CCNCC2)c2ccccc21. The molecule has 1 N–H and O–H groups in total. The predicted molar refractivity (Wildman–Crippen MR) is 77.4 cm³/mol. The van der Waals surface area contributed by atoms with Gasteiger partial charge < -0.3 is 10.2 Å². The van der Waals surface area contributed by atoms with Crippen molar-refractivity contribution in [2.45, 2.75) is 32.1 Å². The van der Waals surface area contributed by atoms with E-state index in [4.69, 9.17) is 0 Å². The number of anilines is 1. The monoisotopic (exact) mass is 258 g/mol. The zero-order valence-corrected chi connectivity index (χ0v) is 11.8.